The van der Waals surface area contributed by atoms with Gasteiger partial charge >= 0.3 is 6.09 Å². The Morgan fingerprint density at radius 3 is 2.68 bits per heavy atom. The highest BCUT2D eigenvalue weighted by Crippen LogP contribution is 2.21. The Labute approximate surface area is 114 Å². The normalized spacial score (nSPS) is 11.6. The van der Waals surface area contributed by atoms with Crippen LogP contribution >= 0.6 is 0 Å². The summed E-state index contributed by atoms with van der Waals surface area (Å²) in [7, 11) is 0. The Bertz CT molecular complexity index is 453. The van der Waals surface area contributed by atoms with Crippen molar-refractivity contribution in [3.05, 3.63) is 35.4 Å². The number of phenolic OH excluding ortho intramolecular Hbond substituents is 1. The zero-order valence-electron chi connectivity index (χ0n) is 11.9. The highest BCUT2D eigenvalue weighted by Gasteiger charge is 2.14. The van der Waals surface area contributed by atoms with Crippen LogP contribution in [0, 0.1) is 6.92 Å². The van der Waals surface area contributed by atoms with Gasteiger partial charge in [-0.15, -0.1) is 0 Å². The lowest BCUT2D eigenvalue weighted by Crippen LogP contribution is -2.32. The van der Waals surface area contributed by atoms with Crippen LogP contribution in [0.1, 0.15) is 31.9 Å². The van der Waals surface area contributed by atoms with E-state index >= 15 is 0 Å². The number of hydrogen-bond acceptors (Lipinski definition) is 3. The standard InChI is InChI=1S/C15H21NO3/c1-11-7-5-9-13(17)12(11)8-6-10-16-14(18)19-15(2,3)4/h5-9,17H,10H2,1-4H3,(H,16,18). The molecular weight excluding hydrogens is 242 g/mol. The number of alkyl carbamates (subject to hydrolysis) is 1. The maximum absolute atomic E-state index is 11.4. The van der Waals surface area contributed by atoms with Gasteiger partial charge in [0.15, 0.2) is 0 Å². The molecule has 0 saturated carbocycles. The molecule has 0 atom stereocenters. The summed E-state index contributed by atoms with van der Waals surface area (Å²) in [6, 6.07) is 5.34. The van der Waals surface area contributed by atoms with Gasteiger partial charge in [-0.1, -0.05) is 24.3 Å². The number of rotatable bonds is 3. The van der Waals surface area contributed by atoms with Gasteiger partial charge in [-0.25, -0.2) is 4.79 Å². The molecule has 0 saturated heterocycles. The van der Waals surface area contributed by atoms with Gasteiger partial charge in [-0.3, -0.25) is 0 Å². The topological polar surface area (TPSA) is 58.6 Å². The van der Waals surface area contributed by atoms with Crippen molar-refractivity contribution in [3.8, 4) is 5.75 Å². The van der Waals surface area contributed by atoms with E-state index in [0.29, 0.717) is 6.54 Å². The van der Waals surface area contributed by atoms with Crippen LogP contribution in [-0.2, 0) is 4.74 Å². The molecule has 4 heteroatoms. The monoisotopic (exact) mass is 263 g/mol. The SMILES string of the molecule is Cc1cccc(O)c1C=CCNC(=O)OC(C)(C)C. The van der Waals surface area contributed by atoms with Crippen LogP contribution in [-0.4, -0.2) is 23.3 Å². The molecule has 19 heavy (non-hydrogen) atoms. The minimum atomic E-state index is -0.498. The fourth-order valence-corrected chi connectivity index (χ4v) is 1.52. The van der Waals surface area contributed by atoms with Crippen LogP contribution in [0.4, 0.5) is 4.79 Å². The molecule has 4 nitrogen and oxygen atoms in total. The van der Waals surface area contributed by atoms with Crippen LogP contribution in [0.15, 0.2) is 24.3 Å². The number of carbonyl (C=O) groups is 1. The van der Waals surface area contributed by atoms with E-state index in [2.05, 4.69) is 5.32 Å². The van der Waals surface area contributed by atoms with Gasteiger partial charge < -0.3 is 15.2 Å². The predicted octanol–water partition coefficient (Wildman–Crippen LogP) is 3.24. The summed E-state index contributed by atoms with van der Waals surface area (Å²) < 4.78 is 5.10. The van der Waals surface area contributed by atoms with Gasteiger partial charge in [0.05, 0.1) is 0 Å². The average Bonchev–Trinajstić information content (AvgIpc) is 2.25. The second-order valence-electron chi connectivity index (χ2n) is 5.29. The molecule has 1 amide bonds. The van der Waals surface area contributed by atoms with Crippen LogP contribution < -0.4 is 5.32 Å². The number of amides is 1. The number of hydrogen-bond donors (Lipinski definition) is 2. The maximum Gasteiger partial charge on any atom is 0.407 e. The quantitative estimate of drug-likeness (QED) is 0.880. The second kappa shape index (κ2) is 6.27. The van der Waals surface area contributed by atoms with Crippen molar-refractivity contribution >= 4 is 12.2 Å². The van der Waals surface area contributed by atoms with Gasteiger partial charge in [-0.2, -0.15) is 0 Å². The Morgan fingerprint density at radius 2 is 2.11 bits per heavy atom. The van der Waals surface area contributed by atoms with E-state index in [-0.39, 0.29) is 5.75 Å². The Kier molecular flexibility index (Phi) is 4.98. The van der Waals surface area contributed by atoms with E-state index < -0.39 is 11.7 Å². The van der Waals surface area contributed by atoms with Gasteiger partial charge in [0.25, 0.3) is 0 Å². The van der Waals surface area contributed by atoms with Gasteiger partial charge in [-0.05, 0) is 39.3 Å². The third kappa shape index (κ3) is 5.46. The molecule has 1 aromatic carbocycles. The fraction of sp³-hybridized carbons (Fsp3) is 0.400. The molecule has 1 rings (SSSR count). The second-order valence-corrected chi connectivity index (χ2v) is 5.29. The number of aromatic hydroxyl groups is 1. The molecule has 0 radical (unpaired) electrons. The first-order valence-electron chi connectivity index (χ1n) is 6.21. The first-order chi connectivity index (χ1) is 8.79. The van der Waals surface area contributed by atoms with Crippen molar-refractivity contribution in [2.24, 2.45) is 0 Å². The third-order valence-electron chi connectivity index (χ3n) is 2.35. The molecule has 0 aromatic heterocycles. The van der Waals surface area contributed by atoms with E-state index in [4.69, 9.17) is 4.74 Å². The molecule has 104 valence electrons. The molecule has 2 N–H and O–H groups in total. The number of nitrogens with one attached hydrogen (secondary N) is 1. The average molecular weight is 263 g/mol. The van der Waals surface area contributed by atoms with Crippen molar-refractivity contribution < 1.29 is 14.6 Å². The van der Waals surface area contributed by atoms with Crippen LogP contribution in [0.3, 0.4) is 0 Å². The summed E-state index contributed by atoms with van der Waals surface area (Å²) in [5, 5.41) is 12.3. The first kappa shape index (κ1) is 15.1. The number of carbonyl (C=O) groups excluding carboxylic acids is 1. The van der Waals surface area contributed by atoms with Gasteiger partial charge in [0.1, 0.15) is 11.4 Å². The van der Waals surface area contributed by atoms with Crippen molar-refractivity contribution in [3.63, 3.8) is 0 Å². The summed E-state index contributed by atoms with van der Waals surface area (Å²) in [5.41, 5.74) is 1.24. The summed E-state index contributed by atoms with van der Waals surface area (Å²) in [6.45, 7) is 7.71. The molecule has 0 aliphatic carbocycles. The molecule has 0 aliphatic rings. The lowest BCUT2D eigenvalue weighted by atomic mass is 10.1. The number of benzene rings is 1. The Hall–Kier alpha value is -1.97. The van der Waals surface area contributed by atoms with Gasteiger partial charge in [0.2, 0.25) is 0 Å². The van der Waals surface area contributed by atoms with Crippen molar-refractivity contribution in [1.29, 1.82) is 0 Å². The fourth-order valence-electron chi connectivity index (χ4n) is 1.52. The molecular formula is C15H21NO3. The smallest absolute Gasteiger partial charge is 0.407 e. The number of phenols is 1. The van der Waals surface area contributed by atoms with E-state index in [1.54, 1.807) is 24.3 Å². The summed E-state index contributed by atoms with van der Waals surface area (Å²) in [6.07, 6.45) is 3.10. The van der Waals surface area contributed by atoms with Crippen molar-refractivity contribution in [2.75, 3.05) is 6.54 Å². The molecule has 0 spiro atoms. The zero-order valence-corrected chi connectivity index (χ0v) is 11.9. The van der Waals surface area contributed by atoms with Crippen LogP contribution in [0.5, 0.6) is 5.75 Å². The van der Waals surface area contributed by atoms with E-state index in [0.717, 1.165) is 11.1 Å². The molecule has 0 heterocycles. The van der Waals surface area contributed by atoms with Crippen molar-refractivity contribution in [2.45, 2.75) is 33.3 Å². The summed E-state index contributed by atoms with van der Waals surface area (Å²) in [5.74, 6) is 0.230. The van der Waals surface area contributed by atoms with Crippen LogP contribution in [0.25, 0.3) is 6.08 Å². The largest absolute Gasteiger partial charge is 0.507 e. The highest BCUT2D eigenvalue weighted by molar-refractivity contribution is 5.68. The Balaban J connectivity index is 2.49. The number of ether oxygens (including phenoxy) is 1. The van der Waals surface area contributed by atoms with E-state index in [1.807, 2.05) is 33.8 Å². The minimum Gasteiger partial charge on any atom is -0.507 e. The maximum atomic E-state index is 11.4. The summed E-state index contributed by atoms with van der Waals surface area (Å²) >= 11 is 0. The third-order valence-corrected chi connectivity index (χ3v) is 2.35. The highest BCUT2D eigenvalue weighted by atomic mass is 16.6. The minimum absolute atomic E-state index is 0.230. The first-order valence-corrected chi connectivity index (χ1v) is 6.21. The van der Waals surface area contributed by atoms with E-state index in [1.165, 1.54) is 0 Å². The Morgan fingerprint density at radius 1 is 1.42 bits per heavy atom. The predicted molar refractivity (Wildman–Crippen MR) is 76.1 cm³/mol. The lowest BCUT2D eigenvalue weighted by molar-refractivity contribution is 0.0534. The van der Waals surface area contributed by atoms with E-state index in [9.17, 15) is 9.90 Å². The molecule has 0 bridgehead atoms. The molecule has 0 unspecified atom stereocenters. The van der Waals surface area contributed by atoms with Crippen LogP contribution in [0.2, 0.25) is 0 Å². The molecule has 1 aromatic rings. The number of aryl methyl sites for hydroxylation is 1. The lowest BCUT2D eigenvalue weighted by Gasteiger charge is -2.19. The zero-order chi connectivity index (χ0) is 14.5. The summed E-state index contributed by atoms with van der Waals surface area (Å²) in [4.78, 5) is 11.4. The molecule has 0 aliphatic heterocycles. The molecule has 0 fully saturated rings. The van der Waals surface area contributed by atoms with Crippen molar-refractivity contribution in [1.82, 2.24) is 5.32 Å². The van der Waals surface area contributed by atoms with Gasteiger partial charge in [0, 0.05) is 12.1 Å².